The first-order chi connectivity index (χ1) is 9.49. The molecule has 0 amide bonds. The third-order valence-electron chi connectivity index (χ3n) is 2.41. The number of nitro groups is 1. The number of halogens is 2. The van der Waals surface area contributed by atoms with Crippen LogP contribution in [0.4, 0.5) is 21.6 Å². The highest BCUT2D eigenvalue weighted by atomic mass is 35.5. The molecule has 2 rings (SSSR count). The number of anilines is 2. The van der Waals surface area contributed by atoms with Crippen LogP contribution >= 0.6 is 11.6 Å². The smallest absolute Gasteiger partial charge is 0.276 e. The van der Waals surface area contributed by atoms with E-state index in [-0.39, 0.29) is 22.4 Å². The van der Waals surface area contributed by atoms with E-state index in [0.717, 1.165) is 6.07 Å². The second kappa shape index (κ2) is 5.70. The Morgan fingerprint density at radius 2 is 2.15 bits per heavy atom. The number of nitrogens with zero attached hydrogens (tertiary/aromatic N) is 2. The van der Waals surface area contributed by atoms with Crippen LogP contribution in [-0.2, 0) is 0 Å². The Kier molecular flexibility index (Phi) is 3.99. The van der Waals surface area contributed by atoms with Crippen LogP contribution in [0.5, 0.6) is 5.75 Å². The molecule has 2 aromatic rings. The minimum Gasteiger partial charge on any atom is -0.494 e. The molecule has 0 fully saturated rings. The number of hydrogen-bond acceptors (Lipinski definition) is 5. The fourth-order valence-electron chi connectivity index (χ4n) is 1.54. The quantitative estimate of drug-likeness (QED) is 0.530. The van der Waals surface area contributed by atoms with Crippen molar-refractivity contribution in [3.63, 3.8) is 0 Å². The number of ether oxygens (including phenoxy) is 1. The van der Waals surface area contributed by atoms with E-state index in [1.54, 1.807) is 0 Å². The minimum absolute atomic E-state index is 0.0178. The standard InChI is InChI=1S/C12H9ClFN3O3/c1-20-10-4-7(2-3-9(10)14)15-12-6-8(17(18)19)5-11(13)16-12/h2-6H,1H3,(H,15,16). The van der Waals surface area contributed by atoms with E-state index in [1.807, 2.05) is 0 Å². The molecule has 0 aliphatic rings. The Bertz CT molecular complexity index is 666. The summed E-state index contributed by atoms with van der Waals surface area (Å²) < 4.78 is 18.1. The van der Waals surface area contributed by atoms with Crippen molar-refractivity contribution in [1.29, 1.82) is 0 Å². The van der Waals surface area contributed by atoms with Crippen LogP contribution in [0.15, 0.2) is 30.3 Å². The Hall–Kier alpha value is -2.41. The molecule has 20 heavy (non-hydrogen) atoms. The predicted octanol–water partition coefficient (Wildman–Crippen LogP) is 3.53. The van der Waals surface area contributed by atoms with Gasteiger partial charge in [0.2, 0.25) is 0 Å². The number of benzene rings is 1. The Morgan fingerprint density at radius 1 is 1.40 bits per heavy atom. The molecule has 0 aliphatic heterocycles. The lowest BCUT2D eigenvalue weighted by atomic mass is 10.3. The first-order valence-corrected chi connectivity index (χ1v) is 5.80. The van der Waals surface area contributed by atoms with E-state index in [1.165, 1.54) is 31.4 Å². The maximum Gasteiger partial charge on any atom is 0.276 e. The van der Waals surface area contributed by atoms with E-state index >= 15 is 0 Å². The monoisotopic (exact) mass is 297 g/mol. The molecule has 0 atom stereocenters. The summed E-state index contributed by atoms with van der Waals surface area (Å²) in [6.45, 7) is 0. The highest BCUT2D eigenvalue weighted by molar-refractivity contribution is 6.29. The molecule has 6 nitrogen and oxygen atoms in total. The van der Waals surface area contributed by atoms with Gasteiger partial charge in [-0.25, -0.2) is 9.37 Å². The Labute approximate surface area is 118 Å². The van der Waals surface area contributed by atoms with E-state index in [9.17, 15) is 14.5 Å². The van der Waals surface area contributed by atoms with Gasteiger partial charge in [-0.2, -0.15) is 0 Å². The molecular weight excluding hydrogens is 289 g/mol. The number of pyridine rings is 1. The van der Waals surface area contributed by atoms with Crippen LogP contribution in [0.1, 0.15) is 0 Å². The van der Waals surface area contributed by atoms with E-state index in [0.29, 0.717) is 5.69 Å². The maximum absolute atomic E-state index is 13.3. The average Bonchev–Trinajstić information content (AvgIpc) is 2.40. The topological polar surface area (TPSA) is 77.3 Å². The molecule has 104 valence electrons. The summed E-state index contributed by atoms with van der Waals surface area (Å²) >= 11 is 5.70. The van der Waals surface area contributed by atoms with Crippen molar-refractivity contribution in [2.45, 2.75) is 0 Å². The maximum atomic E-state index is 13.3. The summed E-state index contributed by atoms with van der Waals surface area (Å²) in [6, 6.07) is 6.43. The third kappa shape index (κ3) is 3.12. The number of methoxy groups -OCH3 is 1. The molecule has 1 N–H and O–H groups in total. The van der Waals surface area contributed by atoms with Gasteiger partial charge in [-0.05, 0) is 12.1 Å². The molecule has 0 spiro atoms. The zero-order valence-corrected chi connectivity index (χ0v) is 11.0. The van der Waals surface area contributed by atoms with Crippen LogP contribution in [-0.4, -0.2) is 17.0 Å². The van der Waals surface area contributed by atoms with Crippen molar-refractivity contribution in [1.82, 2.24) is 4.98 Å². The van der Waals surface area contributed by atoms with Crippen molar-refractivity contribution in [3.8, 4) is 5.75 Å². The summed E-state index contributed by atoms with van der Waals surface area (Å²) in [6.07, 6.45) is 0. The van der Waals surface area contributed by atoms with Gasteiger partial charge in [0.1, 0.15) is 11.0 Å². The van der Waals surface area contributed by atoms with Crippen LogP contribution in [0.2, 0.25) is 5.15 Å². The van der Waals surface area contributed by atoms with Crippen molar-refractivity contribution < 1.29 is 14.1 Å². The molecule has 0 saturated heterocycles. The SMILES string of the molecule is COc1cc(Nc2cc([N+](=O)[O-])cc(Cl)n2)ccc1F. The van der Waals surface area contributed by atoms with Gasteiger partial charge in [0.25, 0.3) is 5.69 Å². The Morgan fingerprint density at radius 3 is 2.80 bits per heavy atom. The van der Waals surface area contributed by atoms with Crippen molar-refractivity contribution in [2.75, 3.05) is 12.4 Å². The van der Waals surface area contributed by atoms with Crippen molar-refractivity contribution in [2.24, 2.45) is 0 Å². The van der Waals surface area contributed by atoms with Crippen LogP contribution in [0.25, 0.3) is 0 Å². The van der Waals surface area contributed by atoms with Crippen molar-refractivity contribution in [3.05, 3.63) is 51.4 Å². The molecule has 0 radical (unpaired) electrons. The van der Waals surface area contributed by atoms with Gasteiger partial charge >= 0.3 is 0 Å². The molecule has 0 bridgehead atoms. The normalized spacial score (nSPS) is 10.2. The summed E-state index contributed by atoms with van der Waals surface area (Å²) in [5.41, 5.74) is 0.272. The number of nitrogens with one attached hydrogen (secondary N) is 1. The van der Waals surface area contributed by atoms with Crippen LogP contribution in [0.3, 0.4) is 0 Å². The molecule has 1 aromatic carbocycles. The van der Waals surface area contributed by atoms with E-state index in [2.05, 4.69) is 10.3 Å². The largest absolute Gasteiger partial charge is 0.494 e. The molecule has 0 saturated carbocycles. The minimum atomic E-state index is -0.579. The molecular formula is C12H9ClFN3O3. The molecule has 0 unspecified atom stereocenters. The summed E-state index contributed by atoms with van der Waals surface area (Å²) in [4.78, 5) is 14.1. The highest BCUT2D eigenvalue weighted by Gasteiger charge is 2.11. The first-order valence-electron chi connectivity index (χ1n) is 5.42. The van der Waals surface area contributed by atoms with Gasteiger partial charge in [-0.3, -0.25) is 10.1 Å². The fourth-order valence-corrected chi connectivity index (χ4v) is 1.74. The zero-order valence-electron chi connectivity index (χ0n) is 10.3. The van der Waals surface area contributed by atoms with Gasteiger partial charge in [0.05, 0.1) is 24.2 Å². The fraction of sp³-hybridized carbons (Fsp3) is 0.0833. The number of aromatic nitrogens is 1. The molecule has 8 heteroatoms. The van der Waals surface area contributed by atoms with Crippen LogP contribution < -0.4 is 10.1 Å². The van der Waals surface area contributed by atoms with Gasteiger partial charge in [-0.15, -0.1) is 0 Å². The lowest BCUT2D eigenvalue weighted by molar-refractivity contribution is -0.384. The summed E-state index contributed by atoms with van der Waals surface area (Å²) in [7, 11) is 1.34. The van der Waals surface area contributed by atoms with Gasteiger partial charge < -0.3 is 10.1 Å². The lowest BCUT2D eigenvalue weighted by Gasteiger charge is -2.08. The predicted molar refractivity (Wildman–Crippen MR) is 72.1 cm³/mol. The highest BCUT2D eigenvalue weighted by Crippen LogP contribution is 2.26. The average molecular weight is 298 g/mol. The molecule has 0 aliphatic carbocycles. The van der Waals surface area contributed by atoms with Crippen LogP contribution in [0, 0.1) is 15.9 Å². The lowest BCUT2D eigenvalue weighted by Crippen LogP contribution is -1.97. The summed E-state index contributed by atoms with van der Waals surface area (Å²) in [5.74, 6) is -0.285. The molecule has 1 aromatic heterocycles. The second-order valence-corrected chi connectivity index (χ2v) is 4.15. The Balaban J connectivity index is 2.32. The number of hydrogen-bond donors (Lipinski definition) is 1. The number of rotatable bonds is 4. The van der Waals surface area contributed by atoms with Gasteiger partial charge in [0.15, 0.2) is 11.6 Å². The third-order valence-corrected chi connectivity index (χ3v) is 2.61. The van der Waals surface area contributed by atoms with Gasteiger partial charge in [-0.1, -0.05) is 11.6 Å². The van der Waals surface area contributed by atoms with E-state index < -0.39 is 10.7 Å². The second-order valence-electron chi connectivity index (χ2n) is 3.76. The van der Waals surface area contributed by atoms with E-state index in [4.69, 9.17) is 16.3 Å². The first kappa shape index (κ1) is 14.0. The zero-order chi connectivity index (χ0) is 14.7. The summed E-state index contributed by atoms with van der Waals surface area (Å²) in [5, 5.41) is 13.5. The van der Waals surface area contributed by atoms with Gasteiger partial charge in [0, 0.05) is 11.8 Å². The van der Waals surface area contributed by atoms with Crippen molar-refractivity contribution >= 4 is 28.8 Å². The molecule has 1 heterocycles.